The summed E-state index contributed by atoms with van der Waals surface area (Å²) < 4.78 is 5.85. The first-order valence-corrected chi connectivity index (χ1v) is 12.3. The highest BCUT2D eigenvalue weighted by Gasteiger charge is 2.30. The molecule has 3 rings (SSSR count). The molecule has 1 atom stereocenters. The Morgan fingerprint density at radius 2 is 1.57 bits per heavy atom. The molecule has 0 spiro atoms. The largest absolute Gasteiger partial charge is 0.484 e. The molecule has 3 aromatic rings. The highest BCUT2D eigenvalue weighted by Crippen LogP contribution is 2.17. The zero-order chi connectivity index (χ0) is 25.0. The third-order valence-electron chi connectivity index (χ3n) is 5.89. The van der Waals surface area contributed by atoms with Gasteiger partial charge >= 0.3 is 0 Å². The Hall–Kier alpha value is -3.60. The Morgan fingerprint density at radius 1 is 0.886 bits per heavy atom. The van der Waals surface area contributed by atoms with Gasteiger partial charge in [-0.1, -0.05) is 85.6 Å². The van der Waals surface area contributed by atoms with Crippen molar-refractivity contribution >= 4 is 11.8 Å². The van der Waals surface area contributed by atoms with Crippen molar-refractivity contribution in [3.05, 3.63) is 101 Å². The van der Waals surface area contributed by atoms with Crippen LogP contribution in [0, 0.1) is 13.8 Å². The van der Waals surface area contributed by atoms with Crippen LogP contribution in [0.5, 0.6) is 5.75 Å². The minimum absolute atomic E-state index is 0.136. The standard InChI is InChI=1S/C30H36N2O3/c1-4-5-17-31-30(34)28(20-25-13-7-6-8-14-25)32(21-26-15-9-11-23(2)18-26)29(33)22-35-27-16-10-12-24(3)19-27/h6-16,18-19,28H,4-5,17,20-22H2,1-3H3,(H,31,34). The summed E-state index contributed by atoms with van der Waals surface area (Å²) in [4.78, 5) is 28.6. The number of unbranched alkanes of at least 4 members (excludes halogenated alkanes) is 1. The average molecular weight is 473 g/mol. The predicted octanol–water partition coefficient (Wildman–Crippen LogP) is 5.24. The van der Waals surface area contributed by atoms with Crippen LogP contribution in [0.25, 0.3) is 0 Å². The fourth-order valence-electron chi connectivity index (χ4n) is 4.00. The van der Waals surface area contributed by atoms with Gasteiger partial charge in [-0.05, 0) is 49.1 Å². The van der Waals surface area contributed by atoms with Gasteiger partial charge in [0.2, 0.25) is 5.91 Å². The summed E-state index contributed by atoms with van der Waals surface area (Å²) >= 11 is 0. The molecule has 5 nitrogen and oxygen atoms in total. The Balaban J connectivity index is 1.88. The first kappa shape index (κ1) is 26.0. The van der Waals surface area contributed by atoms with Gasteiger partial charge in [-0.25, -0.2) is 0 Å². The maximum atomic E-state index is 13.6. The number of ether oxygens (including phenoxy) is 1. The number of carbonyl (C=O) groups is 2. The summed E-state index contributed by atoms with van der Waals surface area (Å²) in [6.45, 7) is 6.88. The van der Waals surface area contributed by atoms with E-state index in [1.54, 1.807) is 4.90 Å². The normalized spacial score (nSPS) is 11.5. The monoisotopic (exact) mass is 472 g/mol. The number of benzene rings is 3. The van der Waals surface area contributed by atoms with Crippen molar-refractivity contribution < 1.29 is 14.3 Å². The molecule has 0 fully saturated rings. The second kappa shape index (κ2) is 13.3. The molecule has 0 heterocycles. The minimum Gasteiger partial charge on any atom is -0.484 e. The number of amides is 2. The number of nitrogens with zero attached hydrogens (tertiary/aromatic N) is 1. The lowest BCUT2D eigenvalue weighted by molar-refractivity contribution is -0.142. The SMILES string of the molecule is CCCCNC(=O)C(Cc1ccccc1)N(Cc1cccc(C)c1)C(=O)COc1cccc(C)c1. The fraction of sp³-hybridized carbons (Fsp3) is 0.333. The second-order valence-corrected chi connectivity index (χ2v) is 8.97. The molecular weight excluding hydrogens is 436 g/mol. The third kappa shape index (κ3) is 8.29. The van der Waals surface area contributed by atoms with Gasteiger partial charge in [-0.15, -0.1) is 0 Å². The number of carbonyl (C=O) groups excluding carboxylic acids is 2. The molecule has 0 radical (unpaired) electrons. The summed E-state index contributed by atoms with van der Waals surface area (Å²) in [5, 5.41) is 3.04. The minimum atomic E-state index is -0.650. The van der Waals surface area contributed by atoms with Crippen LogP contribution in [0.15, 0.2) is 78.9 Å². The molecule has 2 amide bonds. The van der Waals surface area contributed by atoms with Gasteiger partial charge in [0, 0.05) is 19.5 Å². The first-order valence-electron chi connectivity index (χ1n) is 12.3. The van der Waals surface area contributed by atoms with Crippen molar-refractivity contribution in [2.45, 2.75) is 52.6 Å². The Morgan fingerprint density at radius 3 is 2.26 bits per heavy atom. The summed E-state index contributed by atoms with van der Waals surface area (Å²) in [6.07, 6.45) is 2.31. The van der Waals surface area contributed by atoms with E-state index in [0.717, 1.165) is 35.1 Å². The molecule has 184 valence electrons. The molecular formula is C30H36N2O3. The molecule has 0 aliphatic heterocycles. The van der Waals surface area contributed by atoms with Crippen molar-refractivity contribution in [1.29, 1.82) is 0 Å². The van der Waals surface area contributed by atoms with Crippen molar-refractivity contribution in [1.82, 2.24) is 10.2 Å². The topological polar surface area (TPSA) is 58.6 Å². The molecule has 3 aromatic carbocycles. The quantitative estimate of drug-likeness (QED) is 0.367. The van der Waals surface area contributed by atoms with Crippen molar-refractivity contribution in [2.75, 3.05) is 13.2 Å². The van der Waals surface area contributed by atoms with Crippen LogP contribution >= 0.6 is 0 Å². The van der Waals surface area contributed by atoms with Gasteiger partial charge in [0.1, 0.15) is 11.8 Å². The third-order valence-corrected chi connectivity index (χ3v) is 5.89. The summed E-state index contributed by atoms with van der Waals surface area (Å²) in [7, 11) is 0. The first-order chi connectivity index (χ1) is 17.0. The van der Waals surface area contributed by atoms with Crippen LogP contribution in [0.1, 0.15) is 42.0 Å². The number of nitrogens with one attached hydrogen (secondary N) is 1. The van der Waals surface area contributed by atoms with E-state index in [-0.39, 0.29) is 18.4 Å². The summed E-state index contributed by atoms with van der Waals surface area (Å²) in [5.41, 5.74) is 4.15. The van der Waals surface area contributed by atoms with Gasteiger partial charge in [0.15, 0.2) is 6.61 Å². The van der Waals surface area contributed by atoms with Crippen molar-refractivity contribution in [3.63, 3.8) is 0 Å². The zero-order valence-corrected chi connectivity index (χ0v) is 21.0. The second-order valence-electron chi connectivity index (χ2n) is 8.97. The van der Waals surface area contributed by atoms with Gasteiger partial charge < -0.3 is 15.0 Å². The molecule has 35 heavy (non-hydrogen) atoms. The Bertz CT molecular complexity index is 1100. The molecule has 0 aliphatic rings. The lowest BCUT2D eigenvalue weighted by atomic mass is 10.0. The molecule has 0 aliphatic carbocycles. The van der Waals surface area contributed by atoms with Crippen LogP contribution in [0.3, 0.4) is 0 Å². The molecule has 1 unspecified atom stereocenters. The van der Waals surface area contributed by atoms with Crippen LogP contribution in [-0.2, 0) is 22.6 Å². The average Bonchev–Trinajstić information content (AvgIpc) is 2.85. The Kier molecular flexibility index (Phi) is 9.91. The van der Waals surface area contributed by atoms with Crippen LogP contribution in [-0.4, -0.2) is 35.9 Å². The van der Waals surface area contributed by atoms with E-state index in [1.807, 2.05) is 86.6 Å². The van der Waals surface area contributed by atoms with E-state index in [9.17, 15) is 9.59 Å². The molecule has 0 saturated heterocycles. The van der Waals surface area contributed by atoms with E-state index in [0.29, 0.717) is 25.3 Å². The van der Waals surface area contributed by atoms with Gasteiger partial charge in [-0.3, -0.25) is 9.59 Å². The lowest BCUT2D eigenvalue weighted by Crippen LogP contribution is -2.51. The smallest absolute Gasteiger partial charge is 0.261 e. The summed E-state index contributed by atoms with van der Waals surface area (Å²) in [5.74, 6) is 0.277. The van der Waals surface area contributed by atoms with Crippen molar-refractivity contribution in [3.8, 4) is 5.75 Å². The summed E-state index contributed by atoms with van der Waals surface area (Å²) in [6, 6.07) is 24.8. The predicted molar refractivity (Wildman–Crippen MR) is 140 cm³/mol. The molecule has 0 aromatic heterocycles. The van der Waals surface area contributed by atoms with E-state index >= 15 is 0 Å². The van der Waals surface area contributed by atoms with E-state index in [4.69, 9.17) is 4.74 Å². The number of hydrogen-bond donors (Lipinski definition) is 1. The van der Waals surface area contributed by atoms with Gasteiger partial charge in [0.25, 0.3) is 5.91 Å². The van der Waals surface area contributed by atoms with Crippen LogP contribution in [0.2, 0.25) is 0 Å². The lowest BCUT2D eigenvalue weighted by Gasteiger charge is -2.31. The van der Waals surface area contributed by atoms with Gasteiger partial charge in [0.05, 0.1) is 0 Å². The van der Waals surface area contributed by atoms with Gasteiger partial charge in [-0.2, -0.15) is 0 Å². The number of aryl methyl sites for hydroxylation is 2. The molecule has 1 N–H and O–H groups in total. The number of rotatable bonds is 12. The highest BCUT2D eigenvalue weighted by molar-refractivity contribution is 5.88. The van der Waals surface area contributed by atoms with Crippen LogP contribution < -0.4 is 10.1 Å². The zero-order valence-electron chi connectivity index (χ0n) is 21.0. The molecule has 5 heteroatoms. The van der Waals surface area contributed by atoms with E-state index in [2.05, 4.69) is 18.3 Å². The molecule has 0 saturated carbocycles. The molecule has 0 bridgehead atoms. The maximum Gasteiger partial charge on any atom is 0.261 e. The van der Waals surface area contributed by atoms with E-state index in [1.165, 1.54) is 0 Å². The Labute approximate surface area is 209 Å². The maximum absolute atomic E-state index is 13.6. The number of hydrogen-bond acceptors (Lipinski definition) is 3. The highest BCUT2D eigenvalue weighted by atomic mass is 16.5. The van der Waals surface area contributed by atoms with Crippen LogP contribution in [0.4, 0.5) is 0 Å². The fourth-order valence-corrected chi connectivity index (χ4v) is 4.00. The van der Waals surface area contributed by atoms with Crippen molar-refractivity contribution in [2.24, 2.45) is 0 Å². The van der Waals surface area contributed by atoms with E-state index < -0.39 is 6.04 Å².